The molecular formula is C6H16N2OP-. The molecule has 1 atom stereocenters. The Bertz CT molecular complexity index is 74.1. The molecule has 0 heterocycles. The van der Waals surface area contributed by atoms with E-state index in [0.717, 1.165) is 25.9 Å². The predicted octanol–water partition coefficient (Wildman–Crippen LogP) is 0.654. The van der Waals surface area contributed by atoms with Crippen molar-refractivity contribution in [2.24, 2.45) is 5.50 Å². The van der Waals surface area contributed by atoms with E-state index >= 15 is 0 Å². The van der Waals surface area contributed by atoms with E-state index in [2.05, 4.69) is 13.8 Å². The van der Waals surface area contributed by atoms with E-state index in [4.69, 9.17) is 5.50 Å². The van der Waals surface area contributed by atoms with Gasteiger partial charge in [0.1, 0.15) is 0 Å². The Balaban J connectivity index is 3.50. The first kappa shape index (κ1) is 10.3. The standard InChI is InChI=1S/C6H16N2OP/c1-3-5-8(6-4-2)10(7)9/h3-7H2,1-2H3/q-1. The normalized spacial score (nSPS) is 14.1. The molecule has 0 aliphatic rings. The van der Waals surface area contributed by atoms with Gasteiger partial charge in [0, 0.05) is 13.1 Å². The topological polar surface area (TPSA) is 52.3 Å². The largest absolute Gasteiger partial charge is 0.806 e. The Morgan fingerprint density at radius 3 is 1.90 bits per heavy atom. The Kier molecular flexibility index (Phi) is 6.24. The van der Waals surface area contributed by atoms with Gasteiger partial charge in [-0.2, -0.15) is 0 Å². The molecule has 10 heavy (non-hydrogen) atoms. The van der Waals surface area contributed by atoms with Crippen molar-refractivity contribution < 1.29 is 4.89 Å². The van der Waals surface area contributed by atoms with Crippen molar-refractivity contribution >= 4 is 8.45 Å². The number of rotatable bonds is 5. The van der Waals surface area contributed by atoms with Gasteiger partial charge in [-0.1, -0.05) is 22.3 Å². The van der Waals surface area contributed by atoms with E-state index in [1.807, 2.05) is 4.67 Å². The second-order valence-corrected chi connectivity index (χ2v) is 3.43. The summed E-state index contributed by atoms with van der Waals surface area (Å²) in [6, 6.07) is 0. The highest BCUT2D eigenvalue weighted by Crippen LogP contribution is 2.20. The Hall–Kier alpha value is 0.310. The van der Waals surface area contributed by atoms with Crippen molar-refractivity contribution in [1.82, 2.24) is 4.67 Å². The van der Waals surface area contributed by atoms with Crippen LogP contribution in [0, 0.1) is 0 Å². The first-order chi connectivity index (χ1) is 4.72. The van der Waals surface area contributed by atoms with Crippen LogP contribution in [0.2, 0.25) is 0 Å². The van der Waals surface area contributed by atoms with Gasteiger partial charge in [-0.3, -0.25) is 4.67 Å². The van der Waals surface area contributed by atoms with Crippen molar-refractivity contribution in [3.8, 4) is 0 Å². The molecule has 0 rings (SSSR count). The number of nitrogens with two attached hydrogens (primary N) is 1. The summed E-state index contributed by atoms with van der Waals surface area (Å²) in [4.78, 5) is 10.8. The molecule has 0 aromatic heterocycles. The fourth-order valence-corrected chi connectivity index (χ4v) is 1.62. The number of hydrogen-bond acceptors (Lipinski definition) is 3. The molecule has 0 radical (unpaired) electrons. The van der Waals surface area contributed by atoms with Crippen LogP contribution in [0.4, 0.5) is 0 Å². The maximum Gasteiger partial charge on any atom is 0.00187 e. The van der Waals surface area contributed by atoms with Crippen LogP contribution in [0.3, 0.4) is 0 Å². The molecule has 4 heteroatoms. The van der Waals surface area contributed by atoms with Crippen molar-refractivity contribution in [3.05, 3.63) is 0 Å². The Morgan fingerprint density at radius 1 is 1.30 bits per heavy atom. The van der Waals surface area contributed by atoms with Gasteiger partial charge in [-0.05, 0) is 12.8 Å². The molecule has 0 amide bonds. The van der Waals surface area contributed by atoms with Crippen LogP contribution in [0.25, 0.3) is 0 Å². The molecule has 0 saturated carbocycles. The van der Waals surface area contributed by atoms with Crippen LogP contribution in [0.5, 0.6) is 0 Å². The fourth-order valence-electron chi connectivity index (χ4n) is 0.825. The summed E-state index contributed by atoms with van der Waals surface area (Å²) < 4.78 is 1.81. The summed E-state index contributed by atoms with van der Waals surface area (Å²) >= 11 is 0. The van der Waals surface area contributed by atoms with Gasteiger partial charge in [0.05, 0.1) is 0 Å². The smallest absolute Gasteiger partial charge is 0.00187 e. The minimum Gasteiger partial charge on any atom is -0.806 e. The predicted molar refractivity (Wildman–Crippen MR) is 43.3 cm³/mol. The van der Waals surface area contributed by atoms with Gasteiger partial charge in [-0.25, -0.2) is 0 Å². The van der Waals surface area contributed by atoms with Crippen LogP contribution >= 0.6 is 8.45 Å². The summed E-state index contributed by atoms with van der Waals surface area (Å²) in [6.07, 6.45) is 2.02. The highest BCUT2D eigenvalue weighted by molar-refractivity contribution is 7.44. The summed E-state index contributed by atoms with van der Waals surface area (Å²) in [5, 5.41) is 0. The lowest BCUT2D eigenvalue weighted by molar-refractivity contribution is -0.171. The highest BCUT2D eigenvalue weighted by Gasteiger charge is 2.00. The van der Waals surface area contributed by atoms with Gasteiger partial charge in [0.15, 0.2) is 0 Å². The first-order valence-electron chi connectivity index (χ1n) is 3.69. The zero-order valence-electron chi connectivity index (χ0n) is 6.71. The van der Waals surface area contributed by atoms with Gasteiger partial charge in [0.25, 0.3) is 0 Å². The SMILES string of the molecule is CCCN(CCC)P(N)[O-]. The average Bonchev–Trinajstić information content (AvgIpc) is 1.87. The van der Waals surface area contributed by atoms with Crippen LogP contribution in [0.15, 0.2) is 0 Å². The van der Waals surface area contributed by atoms with Crippen LogP contribution in [-0.4, -0.2) is 17.8 Å². The molecule has 2 N–H and O–H groups in total. The molecule has 0 fully saturated rings. The molecular weight excluding hydrogens is 147 g/mol. The van der Waals surface area contributed by atoms with Gasteiger partial charge in [0.2, 0.25) is 0 Å². The highest BCUT2D eigenvalue weighted by atomic mass is 31.2. The molecule has 0 aromatic rings. The van der Waals surface area contributed by atoms with E-state index in [0.29, 0.717) is 0 Å². The number of hydrogen-bond donors (Lipinski definition) is 1. The fraction of sp³-hybridized carbons (Fsp3) is 1.00. The Labute approximate surface area is 64.2 Å². The molecule has 1 unspecified atom stereocenters. The molecule has 0 spiro atoms. The molecule has 0 saturated heterocycles. The lowest BCUT2D eigenvalue weighted by atomic mass is 10.4. The molecule has 0 aliphatic carbocycles. The molecule has 62 valence electrons. The third-order valence-electron chi connectivity index (χ3n) is 1.24. The maximum atomic E-state index is 10.8. The Morgan fingerprint density at radius 2 is 1.70 bits per heavy atom. The van der Waals surface area contributed by atoms with Crippen molar-refractivity contribution in [2.75, 3.05) is 13.1 Å². The maximum absolute atomic E-state index is 10.8. The van der Waals surface area contributed by atoms with Gasteiger partial charge >= 0.3 is 0 Å². The van der Waals surface area contributed by atoms with Gasteiger partial charge < -0.3 is 10.4 Å². The van der Waals surface area contributed by atoms with E-state index in [1.54, 1.807) is 0 Å². The summed E-state index contributed by atoms with van der Waals surface area (Å²) in [5.74, 6) is 0. The first-order valence-corrected chi connectivity index (χ1v) is 4.97. The second kappa shape index (κ2) is 6.05. The summed E-state index contributed by atoms with van der Waals surface area (Å²) in [6.45, 7) is 5.81. The third kappa shape index (κ3) is 4.18. The summed E-state index contributed by atoms with van der Waals surface area (Å²) in [5.41, 5.74) is 5.24. The van der Waals surface area contributed by atoms with Crippen molar-refractivity contribution in [2.45, 2.75) is 26.7 Å². The zero-order chi connectivity index (χ0) is 7.98. The molecule has 0 aliphatic heterocycles. The van der Waals surface area contributed by atoms with Crippen LogP contribution in [-0.2, 0) is 0 Å². The van der Waals surface area contributed by atoms with Crippen LogP contribution in [0.1, 0.15) is 26.7 Å². The molecule has 0 aromatic carbocycles. The summed E-state index contributed by atoms with van der Waals surface area (Å²) in [7, 11) is -1.59. The third-order valence-corrected chi connectivity index (χ3v) is 2.20. The minimum atomic E-state index is -1.59. The minimum absolute atomic E-state index is 0.847. The second-order valence-electron chi connectivity index (χ2n) is 2.26. The lowest BCUT2D eigenvalue weighted by Gasteiger charge is -2.32. The van der Waals surface area contributed by atoms with Gasteiger partial charge in [-0.15, -0.1) is 0 Å². The van der Waals surface area contributed by atoms with E-state index in [9.17, 15) is 4.89 Å². The van der Waals surface area contributed by atoms with Crippen molar-refractivity contribution in [3.63, 3.8) is 0 Å². The lowest BCUT2D eigenvalue weighted by Crippen LogP contribution is -2.28. The molecule has 3 nitrogen and oxygen atoms in total. The quantitative estimate of drug-likeness (QED) is 0.605. The van der Waals surface area contributed by atoms with Crippen molar-refractivity contribution in [1.29, 1.82) is 0 Å². The zero-order valence-corrected chi connectivity index (χ0v) is 7.60. The number of nitrogens with zero attached hydrogens (tertiary/aromatic N) is 1. The van der Waals surface area contributed by atoms with Crippen LogP contribution < -0.4 is 10.4 Å². The average molecular weight is 163 g/mol. The monoisotopic (exact) mass is 163 g/mol. The van der Waals surface area contributed by atoms with E-state index in [1.165, 1.54) is 0 Å². The molecule has 0 bridgehead atoms. The van der Waals surface area contributed by atoms with E-state index in [-0.39, 0.29) is 0 Å². The van der Waals surface area contributed by atoms with E-state index < -0.39 is 8.45 Å².